The molecular weight excluding hydrogens is 392 g/mol. The highest BCUT2D eigenvalue weighted by molar-refractivity contribution is 5.92. The fourth-order valence-corrected chi connectivity index (χ4v) is 3.51. The molecule has 1 saturated heterocycles. The summed E-state index contributed by atoms with van der Waals surface area (Å²) in [5.74, 6) is 0.583. The van der Waals surface area contributed by atoms with Gasteiger partial charge >= 0.3 is 0 Å². The Kier molecular flexibility index (Phi) is 7.41. The number of ether oxygens (including phenoxy) is 1. The van der Waals surface area contributed by atoms with Gasteiger partial charge in [0.1, 0.15) is 11.8 Å². The van der Waals surface area contributed by atoms with E-state index < -0.39 is 0 Å². The van der Waals surface area contributed by atoms with E-state index in [2.05, 4.69) is 16.3 Å². The molecule has 7 nitrogen and oxygen atoms in total. The number of rotatable bonds is 6. The third-order valence-electron chi connectivity index (χ3n) is 5.19. The first-order valence-corrected chi connectivity index (χ1v) is 10.1. The van der Waals surface area contributed by atoms with Crippen molar-refractivity contribution < 1.29 is 14.3 Å². The highest BCUT2D eigenvalue weighted by atomic mass is 16.5. The molecule has 0 aromatic heterocycles. The van der Waals surface area contributed by atoms with Crippen LogP contribution in [0.25, 0.3) is 6.08 Å². The van der Waals surface area contributed by atoms with Gasteiger partial charge in [0.25, 0.3) is 0 Å². The van der Waals surface area contributed by atoms with Crippen LogP contribution in [0.1, 0.15) is 24.1 Å². The van der Waals surface area contributed by atoms with Crippen LogP contribution >= 0.6 is 0 Å². The van der Waals surface area contributed by atoms with Crippen molar-refractivity contribution in [2.24, 2.45) is 0 Å². The number of nitrogens with zero attached hydrogens (tertiary/aromatic N) is 3. The number of hydrogen-bond donors (Lipinski definition) is 1. The lowest BCUT2D eigenvalue weighted by Crippen LogP contribution is -2.49. The summed E-state index contributed by atoms with van der Waals surface area (Å²) in [4.78, 5) is 27.5. The van der Waals surface area contributed by atoms with Crippen LogP contribution in [0.4, 0.5) is 5.69 Å². The molecule has 1 atom stereocenters. The van der Waals surface area contributed by atoms with Gasteiger partial charge in [-0.2, -0.15) is 5.26 Å². The Labute approximate surface area is 182 Å². The Bertz CT molecular complexity index is 969. The number of anilines is 1. The number of carbonyl (C=O) groups is 2. The zero-order chi connectivity index (χ0) is 22.2. The number of amides is 2. The second-order valence-electron chi connectivity index (χ2n) is 7.30. The second-order valence-corrected chi connectivity index (χ2v) is 7.30. The molecule has 2 amide bonds. The molecule has 3 rings (SSSR count). The van der Waals surface area contributed by atoms with Crippen molar-refractivity contribution in [1.29, 1.82) is 5.26 Å². The summed E-state index contributed by atoms with van der Waals surface area (Å²) in [5, 5.41) is 12.4. The zero-order valence-corrected chi connectivity index (χ0v) is 17.7. The summed E-state index contributed by atoms with van der Waals surface area (Å²) in [6.07, 6.45) is 3.33. The number of hydrogen-bond acceptors (Lipinski definition) is 5. The molecule has 1 aliphatic heterocycles. The lowest BCUT2D eigenvalue weighted by Gasteiger charge is -2.36. The van der Waals surface area contributed by atoms with Crippen LogP contribution in [0.3, 0.4) is 0 Å². The maximum absolute atomic E-state index is 12.6. The summed E-state index contributed by atoms with van der Waals surface area (Å²) in [6.45, 7) is 3.87. The third-order valence-corrected chi connectivity index (χ3v) is 5.19. The fourth-order valence-electron chi connectivity index (χ4n) is 3.51. The first kappa shape index (κ1) is 22.1. The van der Waals surface area contributed by atoms with Crippen molar-refractivity contribution in [1.82, 2.24) is 9.80 Å². The number of nitriles is 1. The summed E-state index contributed by atoms with van der Waals surface area (Å²) >= 11 is 0. The molecule has 160 valence electrons. The molecule has 1 N–H and O–H groups in total. The quantitative estimate of drug-likeness (QED) is 0.729. The van der Waals surface area contributed by atoms with Gasteiger partial charge in [-0.05, 0) is 41.5 Å². The van der Waals surface area contributed by atoms with Gasteiger partial charge in [-0.15, -0.1) is 0 Å². The maximum Gasteiger partial charge on any atom is 0.246 e. The van der Waals surface area contributed by atoms with E-state index in [0.717, 1.165) is 22.6 Å². The van der Waals surface area contributed by atoms with Crippen LogP contribution in [0.5, 0.6) is 5.75 Å². The lowest BCUT2D eigenvalue weighted by atomic mass is 10.1. The minimum Gasteiger partial charge on any atom is -0.497 e. The molecule has 1 unspecified atom stereocenters. The van der Waals surface area contributed by atoms with Gasteiger partial charge in [-0.25, -0.2) is 0 Å². The van der Waals surface area contributed by atoms with Crippen LogP contribution in [0.15, 0.2) is 54.6 Å². The molecule has 0 bridgehead atoms. The summed E-state index contributed by atoms with van der Waals surface area (Å²) in [5.41, 5.74) is 2.52. The molecule has 31 heavy (non-hydrogen) atoms. The minimum atomic E-state index is -0.346. The van der Waals surface area contributed by atoms with Crippen molar-refractivity contribution in [2.75, 3.05) is 38.6 Å². The molecule has 1 heterocycles. The Morgan fingerprint density at radius 3 is 2.26 bits per heavy atom. The average molecular weight is 418 g/mol. The Morgan fingerprint density at radius 1 is 1.06 bits per heavy atom. The number of piperazine rings is 1. The predicted octanol–water partition coefficient (Wildman–Crippen LogP) is 3.08. The highest BCUT2D eigenvalue weighted by Crippen LogP contribution is 2.24. The van der Waals surface area contributed by atoms with Crippen molar-refractivity contribution >= 4 is 23.6 Å². The van der Waals surface area contributed by atoms with Crippen molar-refractivity contribution in [2.45, 2.75) is 13.0 Å². The Balaban J connectivity index is 1.54. The van der Waals surface area contributed by atoms with Crippen molar-refractivity contribution in [3.8, 4) is 11.8 Å². The van der Waals surface area contributed by atoms with E-state index in [1.54, 1.807) is 36.3 Å². The van der Waals surface area contributed by atoms with E-state index in [1.807, 2.05) is 36.4 Å². The van der Waals surface area contributed by atoms with Crippen molar-refractivity contribution in [3.05, 3.63) is 65.7 Å². The van der Waals surface area contributed by atoms with Gasteiger partial charge in [0.15, 0.2) is 0 Å². The van der Waals surface area contributed by atoms with Gasteiger partial charge in [0.2, 0.25) is 11.8 Å². The predicted molar refractivity (Wildman–Crippen MR) is 119 cm³/mol. The Morgan fingerprint density at radius 2 is 1.71 bits per heavy atom. The van der Waals surface area contributed by atoms with Crippen LogP contribution in [-0.2, 0) is 9.59 Å². The van der Waals surface area contributed by atoms with Gasteiger partial charge in [0, 0.05) is 44.9 Å². The van der Waals surface area contributed by atoms with Gasteiger partial charge < -0.3 is 15.0 Å². The summed E-state index contributed by atoms with van der Waals surface area (Å²) in [6, 6.07) is 16.8. The minimum absolute atomic E-state index is 0.0523. The molecule has 2 aromatic carbocycles. The standard InChI is InChI=1S/C24H26N4O3/c1-18(29)26-21-8-3-19(4-9-21)5-12-24(30)28-15-13-27(14-16-28)23(17-25)20-6-10-22(31-2)11-7-20/h3-12,23H,13-16H2,1-2H3,(H,26,29)/b12-5+. The number of carbonyl (C=O) groups excluding carboxylic acids is 2. The molecule has 0 radical (unpaired) electrons. The second kappa shape index (κ2) is 10.4. The number of benzene rings is 2. The van der Waals surface area contributed by atoms with E-state index in [1.165, 1.54) is 6.92 Å². The topological polar surface area (TPSA) is 85.7 Å². The maximum atomic E-state index is 12.6. The molecular formula is C24H26N4O3. The van der Waals surface area contributed by atoms with Gasteiger partial charge in [0.05, 0.1) is 13.2 Å². The molecule has 0 saturated carbocycles. The van der Waals surface area contributed by atoms with Gasteiger partial charge in [-0.1, -0.05) is 24.3 Å². The molecule has 1 aliphatic rings. The van der Waals surface area contributed by atoms with Crippen LogP contribution in [0, 0.1) is 11.3 Å². The monoisotopic (exact) mass is 418 g/mol. The summed E-state index contributed by atoms with van der Waals surface area (Å²) in [7, 11) is 1.61. The highest BCUT2D eigenvalue weighted by Gasteiger charge is 2.26. The first-order chi connectivity index (χ1) is 15.0. The zero-order valence-electron chi connectivity index (χ0n) is 17.7. The molecule has 0 aliphatic carbocycles. The van der Waals surface area contributed by atoms with Crippen LogP contribution < -0.4 is 10.1 Å². The number of methoxy groups -OCH3 is 1. The Hall–Kier alpha value is -3.63. The van der Waals surface area contributed by atoms with E-state index in [9.17, 15) is 14.9 Å². The fraction of sp³-hybridized carbons (Fsp3) is 0.292. The average Bonchev–Trinajstić information content (AvgIpc) is 2.79. The van der Waals surface area contributed by atoms with Crippen LogP contribution in [-0.4, -0.2) is 54.9 Å². The van der Waals surface area contributed by atoms with Gasteiger partial charge in [-0.3, -0.25) is 14.5 Å². The van der Waals surface area contributed by atoms with E-state index >= 15 is 0 Å². The van der Waals surface area contributed by atoms with E-state index in [0.29, 0.717) is 26.2 Å². The first-order valence-electron chi connectivity index (χ1n) is 10.1. The lowest BCUT2D eigenvalue weighted by molar-refractivity contribution is -0.127. The molecule has 2 aromatic rings. The van der Waals surface area contributed by atoms with Crippen molar-refractivity contribution in [3.63, 3.8) is 0 Å². The molecule has 1 fully saturated rings. The molecule has 0 spiro atoms. The third kappa shape index (κ3) is 5.93. The number of nitrogens with one attached hydrogen (secondary N) is 1. The largest absolute Gasteiger partial charge is 0.497 e. The smallest absolute Gasteiger partial charge is 0.246 e. The van der Waals surface area contributed by atoms with E-state index in [-0.39, 0.29) is 17.9 Å². The normalized spacial score (nSPS) is 15.3. The SMILES string of the molecule is COc1ccc(C(C#N)N2CCN(C(=O)/C=C/c3ccc(NC(C)=O)cc3)CC2)cc1. The molecule has 7 heteroatoms. The van der Waals surface area contributed by atoms with Crippen LogP contribution in [0.2, 0.25) is 0 Å². The van der Waals surface area contributed by atoms with E-state index in [4.69, 9.17) is 4.74 Å². The summed E-state index contributed by atoms with van der Waals surface area (Å²) < 4.78 is 5.18.